The Hall–Kier alpha value is -1.30. The van der Waals surface area contributed by atoms with Crippen LogP contribution in [0.2, 0.25) is 0 Å². The van der Waals surface area contributed by atoms with Crippen molar-refractivity contribution in [3.05, 3.63) is 23.3 Å². The molecule has 2 saturated carbocycles. The fourth-order valence-corrected chi connectivity index (χ4v) is 7.37. The summed E-state index contributed by atoms with van der Waals surface area (Å²) < 4.78 is 25.1. The average Bonchev–Trinajstić information content (AvgIpc) is 3.28. The van der Waals surface area contributed by atoms with Crippen molar-refractivity contribution in [3.63, 3.8) is 0 Å². The lowest BCUT2D eigenvalue weighted by atomic mass is 9.50. The maximum Gasteiger partial charge on any atom is 0.206 e. The van der Waals surface area contributed by atoms with E-state index in [1.165, 1.54) is 43.5 Å². The second-order valence-electron chi connectivity index (χ2n) is 9.78. The van der Waals surface area contributed by atoms with Crippen molar-refractivity contribution < 1.29 is 18.9 Å². The van der Waals surface area contributed by atoms with Crippen molar-refractivity contribution in [3.8, 4) is 11.5 Å². The number of ether oxygens (including phenoxy) is 4. The topological polar surface area (TPSA) is 40.2 Å². The van der Waals surface area contributed by atoms with Crippen molar-refractivity contribution in [1.29, 1.82) is 0 Å². The highest BCUT2D eigenvalue weighted by atomic mass is 16.8. The first-order chi connectivity index (χ1) is 13.7. The summed E-state index contributed by atoms with van der Waals surface area (Å²) in [6.45, 7) is 3.82. The van der Waals surface area contributed by atoms with Gasteiger partial charge < -0.3 is 18.9 Å². The molecule has 0 radical (unpaired) electrons. The van der Waals surface area contributed by atoms with E-state index in [9.17, 15) is 0 Å². The molecule has 3 aliphatic carbocycles. The summed E-state index contributed by atoms with van der Waals surface area (Å²) in [6.07, 6.45) is 7.22. The molecule has 5 nitrogen and oxygen atoms in total. The minimum atomic E-state index is -0.571. The van der Waals surface area contributed by atoms with Gasteiger partial charge in [0.1, 0.15) is 0 Å². The van der Waals surface area contributed by atoms with Gasteiger partial charge in [-0.15, -0.1) is 0 Å². The molecule has 2 spiro atoms. The monoisotopic (exact) mass is 383 g/mol. The molecular weight excluding hydrogens is 354 g/mol. The molecule has 5 heteroatoms. The Kier molecular flexibility index (Phi) is 3.20. The van der Waals surface area contributed by atoms with E-state index in [-0.39, 0.29) is 11.5 Å². The van der Waals surface area contributed by atoms with Crippen LogP contribution in [0.25, 0.3) is 0 Å². The fraction of sp³-hybridized carbons (Fsp3) is 0.739. The zero-order valence-electron chi connectivity index (χ0n) is 16.6. The summed E-state index contributed by atoms with van der Waals surface area (Å²) in [5, 5.41) is 0. The molecule has 3 heterocycles. The Balaban J connectivity index is 1.41. The Labute approximate surface area is 166 Å². The van der Waals surface area contributed by atoms with E-state index >= 15 is 0 Å². The van der Waals surface area contributed by atoms with Crippen molar-refractivity contribution in [2.24, 2.45) is 11.8 Å². The molecule has 2 unspecified atom stereocenters. The number of methoxy groups -OCH3 is 1. The zero-order valence-corrected chi connectivity index (χ0v) is 16.6. The van der Waals surface area contributed by atoms with E-state index in [4.69, 9.17) is 18.9 Å². The smallest absolute Gasteiger partial charge is 0.206 e. The molecule has 3 aliphatic heterocycles. The summed E-state index contributed by atoms with van der Waals surface area (Å²) in [7, 11) is 1.75. The van der Waals surface area contributed by atoms with Crippen LogP contribution in [0.1, 0.15) is 43.2 Å². The SMILES string of the molecule is COc1ccc2c3c1OC1C4(CCC5[C@H](C2)N(CC2CC2)CC[C@]351)OCCO4. The van der Waals surface area contributed by atoms with Gasteiger partial charge in [0.15, 0.2) is 17.6 Å². The highest BCUT2D eigenvalue weighted by Crippen LogP contribution is 2.66. The predicted octanol–water partition coefficient (Wildman–Crippen LogP) is 2.89. The van der Waals surface area contributed by atoms with Crippen molar-refractivity contribution in [2.75, 3.05) is 33.4 Å². The second kappa shape index (κ2) is 5.44. The van der Waals surface area contributed by atoms with Gasteiger partial charge in [0, 0.05) is 30.0 Å². The highest BCUT2D eigenvalue weighted by Gasteiger charge is 2.71. The molecule has 2 saturated heterocycles. The summed E-state index contributed by atoms with van der Waals surface area (Å²) in [5.74, 6) is 2.84. The molecule has 0 N–H and O–H groups in total. The van der Waals surface area contributed by atoms with Gasteiger partial charge in [-0.3, -0.25) is 4.90 Å². The molecular formula is C23H29NO4. The van der Waals surface area contributed by atoms with Crippen LogP contribution in [0.5, 0.6) is 11.5 Å². The first kappa shape index (κ1) is 16.5. The molecule has 4 fully saturated rings. The Morgan fingerprint density at radius 1 is 1.14 bits per heavy atom. The molecule has 4 atom stereocenters. The first-order valence-electron chi connectivity index (χ1n) is 11.1. The van der Waals surface area contributed by atoms with Crippen LogP contribution in [0.15, 0.2) is 12.1 Å². The normalized spacial score (nSPS) is 39.7. The second-order valence-corrected chi connectivity index (χ2v) is 9.78. The van der Waals surface area contributed by atoms with E-state index in [0.29, 0.717) is 25.2 Å². The van der Waals surface area contributed by atoms with Gasteiger partial charge in [0.2, 0.25) is 5.79 Å². The summed E-state index contributed by atoms with van der Waals surface area (Å²) >= 11 is 0. The van der Waals surface area contributed by atoms with Crippen LogP contribution in [-0.2, 0) is 21.3 Å². The molecule has 28 heavy (non-hydrogen) atoms. The van der Waals surface area contributed by atoms with Crippen LogP contribution in [-0.4, -0.2) is 56.2 Å². The van der Waals surface area contributed by atoms with E-state index < -0.39 is 5.79 Å². The first-order valence-corrected chi connectivity index (χ1v) is 11.1. The number of hydrogen-bond donors (Lipinski definition) is 0. The Bertz CT molecular complexity index is 830. The van der Waals surface area contributed by atoms with E-state index in [1.54, 1.807) is 7.11 Å². The fourth-order valence-electron chi connectivity index (χ4n) is 7.37. The number of hydrogen-bond acceptors (Lipinski definition) is 5. The van der Waals surface area contributed by atoms with Crippen LogP contribution in [0, 0.1) is 11.8 Å². The largest absolute Gasteiger partial charge is 0.493 e. The highest BCUT2D eigenvalue weighted by molar-refractivity contribution is 5.61. The number of benzene rings is 1. The molecule has 0 amide bonds. The summed E-state index contributed by atoms with van der Waals surface area (Å²) in [6, 6.07) is 5.03. The van der Waals surface area contributed by atoms with Crippen LogP contribution >= 0.6 is 0 Å². The van der Waals surface area contributed by atoms with E-state index in [2.05, 4.69) is 17.0 Å². The Morgan fingerprint density at radius 2 is 2.00 bits per heavy atom. The number of piperidine rings is 1. The molecule has 6 aliphatic rings. The number of likely N-dealkylation sites (tertiary alicyclic amines) is 1. The molecule has 150 valence electrons. The third-order valence-corrected chi connectivity index (χ3v) is 8.60. The van der Waals surface area contributed by atoms with Gasteiger partial charge in [0.25, 0.3) is 0 Å². The standard InChI is InChI=1S/C23H29NO4/c1-25-18-5-4-15-12-17-16-6-7-23(26-10-11-27-23)21-22(16,19(15)20(18)28-21)8-9-24(17)13-14-2-3-14/h4-5,14,16-17,21H,2-3,6-13H2,1H3/t16?,17-,21?,22+/m0/s1. The summed E-state index contributed by atoms with van der Waals surface area (Å²) in [4.78, 5) is 2.82. The van der Waals surface area contributed by atoms with Crippen LogP contribution in [0.3, 0.4) is 0 Å². The molecule has 1 aromatic rings. The molecule has 0 aromatic heterocycles. The number of rotatable bonds is 3. The average molecular weight is 383 g/mol. The van der Waals surface area contributed by atoms with E-state index in [0.717, 1.165) is 36.7 Å². The lowest BCUT2D eigenvalue weighted by Gasteiger charge is -2.61. The maximum absolute atomic E-state index is 6.77. The van der Waals surface area contributed by atoms with Gasteiger partial charge in [-0.25, -0.2) is 0 Å². The molecule has 1 aromatic carbocycles. The van der Waals surface area contributed by atoms with E-state index in [1.807, 2.05) is 0 Å². The maximum atomic E-state index is 6.77. The lowest BCUT2D eigenvalue weighted by molar-refractivity contribution is -0.261. The zero-order chi connectivity index (χ0) is 18.5. The van der Waals surface area contributed by atoms with Gasteiger partial charge in [-0.05, 0) is 62.1 Å². The molecule has 2 bridgehead atoms. The summed E-state index contributed by atoms with van der Waals surface area (Å²) in [5.41, 5.74) is 2.92. The minimum absolute atomic E-state index is 0.0186. The third-order valence-electron chi connectivity index (χ3n) is 8.60. The number of nitrogens with zero attached hydrogens (tertiary/aromatic N) is 1. The van der Waals surface area contributed by atoms with Crippen LogP contribution < -0.4 is 9.47 Å². The van der Waals surface area contributed by atoms with Gasteiger partial charge in [-0.1, -0.05) is 6.07 Å². The number of fused-ring (bicyclic) bond motifs is 1. The molecule has 7 rings (SSSR count). The van der Waals surface area contributed by atoms with Crippen LogP contribution in [0.4, 0.5) is 0 Å². The van der Waals surface area contributed by atoms with Gasteiger partial charge in [0.05, 0.1) is 20.3 Å². The van der Waals surface area contributed by atoms with Crippen molar-refractivity contribution >= 4 is 0 Å². The quantitative estimate of drug-likeness (QED) is 0.803. The van der Waals surface area contributed by atoms with Gasteiger partial charge in [-0.2, -0.15) is 0 Å². The van der Waals surface area contributed by atoms with Crippen molar-refractivity contribution in [1.82, 2.24) is 4.90 Å². The van der Waals surface area contributed by atoms with Gasteiger partial charge >= 0.3 is 0 Å². The Morgan fingerprint density at radius 3 is 2.79 bits per heavy atom. The lowest BCUT2D eigenvalue weighted by Crippen LogP contribution is -2.70. The minimum Gasteiger partial charge on any atom is -0.493 e. The third kappa shape index (κ3) is 1.89. The predicted molar refractivity (Wildman–Crippen MR) is 103 cm³/mol. The van der Waals surface area contributed by atoms with Crippen molar-refractivity contribution in [2.45, 2.75) is 61.9 Å².